The van der Waals surface area contributed by atoms with Gasteiger partial charge in [0.05, 0.1) is 0 Å². The highest BCUT2D eigenvalue weighted by atomic mass is 32.1. The Labute approximate surface area is 170 Å². The fourth-order valence-corrected chi connectivity index (χ4v) is 3.96. The smallest absolute Gasteiger partial charge is 0.231 e. The molecule has 0 unspecified atom stereocenters. The second-order valence-electron chi connectivity index (χ2n) is 7.29. The summed E-state index contributed by atoms with van der Waals surface area (Å²) in [6.07, 6.45) is 2.08. The van der Waals surface area contributed by atoms with Crippen LogP contribution >= 0.6 is 12.2 Å². The summed E-state index contributed by atoms with van der Waals surface area (Å²) in [6.45, 7) is 2.97. The lowest BCUT2D eigenvalue weighted by atomic mass is 10.0. The number of ether oxygens (including phenoxy) is 2. The van der Waals surface area contributed by atoms with E-state index in [2.05, 4.69) is 22.2 Å². The third-order valence-electron chi connectivity index (χ3n) is 5.28. The monoisotopic (exact) mass is 401 g/mol. The lowest BCUT2D eigenvalue weighted by Gasteiger charge is -2.39. The normalized spacial score (nSPS) is 16.8. The Bertz CT molecular complexity index is 838. The Morgan fingerprint density at radius 2 is 1.86 bits per heavy atom. The third kappa shape index (κ3) is 4.36. The van der Waals surface area contributed by atoms with Crippen LogP contribution in [-0.4, -0.2) is 47.9 Å². The van der Waals surface area contributed by atoms with Gasteiger partial charge < -0.3 is 24.6 Å². The van der Waals surface area contributed by atoms with Crippen molar-refractivity contribution in [2.24, 2.45) is 0 Å². The molecule has 1 saturated heterocycles. The van der Waals surface area contributed by atoms with E-state index in [4.69, 9.17) is 21.7 Å². The molecular formula is C21H24FN3O2S. The number of likely N-dealkylation sites (tertiary alicyclic amines) is 1. The predicted octanol–water partition coefficient (Wildman–Crippen LogP) is 3.85. The van der Waals surface area contributed by atoms with Crippen molar-refractivity contribution in [3.05, 3.63) is 53.8 Å². The number of rotatable bonds is 4. The number of hydrogen-bond donors (Lipinski definition) is 1. The van der Waals surface area contributed by atoms with E-state index < -0.39 is 0 Å². The van der Waals surface area contributed by atoms with Crippen LogP contribution in [0.5, 0.6) is 11.5 Å². The first-order valence-corrected chi connectivity index (χ1v) is 9.89. The summed E-state index contributed by atoms with van der Waals surface area (Å²) in [5, 5.41) is 4.01. The SMILES string of the molecule is CN1CCC(N(Cc2ccc(F)cc2)C(=S)Nc2ccc3c(c2)OCO3)CC1. The number of halogens is 1. The molecule has 7 heteroatoms. The van der Waals surface area contributed by atoms with E-state index >= 15 is 0 Å². The Hall–Kier alpha value is -2.38. The molecule has 0 spiro atoms. The summed E-state index contributed by atoms with van der Waals surface area (Å²) < 4.78 is 24.1. The summed E-state index contributed by atoms with van der Waals surface area (Å²) in [6, 6.07) is 12.7. The molecule has 0 aliphatic carbocycles. The summed E-state index contributed by atoms with van der Waals surface area (Å²) in [5.41, 5.74) is 1.90. The van der Waals surface area contributed by atoms with Crippen molar-refractivity contribution in [2.45, 2.75) is 25.4 Å². The molecule has 28 heavy (non-hydrogen) atoms. The van der Waals surface area contributed by atoms with Crippen molar-refractivity contribution in [3.63, 3.8) is 0 Å². The zero-order valence-electron chi connectivity index (χ0n) is 15.9. The topological polar surface area (TPSA) is 37.0 Å². The van der Waals surface area contributed by atoms with E-state index in [1.807, 2.05) is 30.3 Å². The minimum absolute atomic E-state index is 0.226. The maximum atomic E-state index is 13.3. The fourth-order valence-electron chi connectivity index (χ4n) is 3.63. The van der Waals surface area contributed by atoms with Crippen molar-refractivity contribution in [2.75, 3.05) is 32.2 Å². The van der Waals surface area contributed by atoms with Crippen LogP contribution in [0.25, 0.3) is 0 Å². The lowest BCUT2D eigenvalue weighted by Crippen LogP contribution is -2.47. The van der Waals surface area contributed by atoms with Gasteiger partial charge >= 0.3 is 0 Å². The average molecular weight is 402 g/mol. The molecular weight excluding hydrogens is 377 g/mol. The van der Waals surface area contributed by atoms with Gasteiger partial charge in [-0.05, 0) is 75.0 Å². The molecule has 2 aliphatic heterocycles. The molecule has 5 nitrogen and oxygen atoms in total. The molecule has 1 N–H and O–H groups in total. The zero-order valence-corrected chi connectivity index (χ0v) is 16.7. The van der Waals surface area contributed by atoms with Gasteiger partial charge in [-0.1, -0.05) is 12.1 Å². The maximum absolute atomic E-state index is 13.3. The number of benzene rings is 2. The largest absolute Gasteiger partial charge is 0.454 e. The Balaban J connectivity index is 1.51. The highest BCUT2D eigenvalue weighted by molar-refractivity contribution is 7.80. The number of nitrogens with one attached hydrogen (secondary N) is 1. The van der Waals surface area contributed by atoms with Crippen LogP contribution in [0.15, 0.2) is 42.5 Å². The molecule has 1 fully saturated rings. The zero-order chi connectivity index (χ0) is 19.5. The van der Waals surface area contributed by atoms with Crippen LogP contribution in [-0.2, 0) is 6.54 Å². The van der Waals surface area contributed by atoms with Gasteiger partial charge in [-0.15, -0.1) is 0 Å². The number of anilines is 1. The summed E-state index contributed by atoms with van der Waals surface area (Å²) in [4.78, 5) is 4.56. The Kier molecular flexibility index (Phi) is 5.64. The second-order valence-corrected chi connectivity index (χ2v) is 7.67. The van der Waals surface area contributed by atoms with Crippen LogP contribution in [0.2, 0.25) is 0 Å². The predicted molar refractivity (Wildman–Crippen MR) is 111 cm³/mol. The summed E-state index contributed by atoms with van der Waals surface area (Å²) in [7, 11) is 2.14. The minimum Gasteiger partial charge on any atom is -0.454 e. The average Bonchev–Trinajstić information content (AvgIpc) is 3.16. The molecule has 2 aromatic carbocycles. The van der Waals surface area contributed by atoms with Gasteiger partial charge in [-0.2, -0.15) is 0 Å². The Morgan fingerprint density at radius 1 is 1.14 bits per heavy atom. The number of fused-ring (bicyclic) bond motifs is 1. The highest BCUT2D eigenvalue weighted by Crippen LogP contribution is 2.34. The van der Waals surface area contributed by atoms with Crippen LogP contribution in [0, 0.1) is 5.82 Å². The van der Waals surface area contributed by atoms with E-state index in [9.17, 15) is 4.39 Å². The van der Waals surface area contributed by atoms with Gasteiger partial charge in [0, 0.05) is 24.3 Å². The van der Waals surface area contributed by atoms with E-state index in [1.165, 1.54) is 12.1 Å². The summed E-state index contributed by atoms with van der Waals surface area (Å²) >= 11 is 5.78. The van der Waals surface area contributed by atoms with Crippen molar-refractivity contribution in [1.29, 1.82) is 0 Å². The maximum Gasteiger partial charge on any atom is 0.231 e. The molecule has 4 rings (SSSR count). The minimum atomic E-state index is -0.226. The number of thiocarbonyl (C=S) groups is 1. The quantitative estimate of drug-likeness (QED) is 0.785. The first-order chi connectivity index (χ1) is 13.6. The number of hydrogen-bond acceptors (Lipinski definition) is 4. The molecule has 148 valence electrons. The van der Waals surface area contributed by atoms with Gasteiger partial charge in [-0.25, -0.2) is 4.39 Å². The van der Waals surface area contributed by atoms with Crippen molar-refractivity contribution in [3.8, 4) is 11.5 Å². The van der Waals surface area contributed by atoms with Crippen molar-refractivity contribution in [1.82, 2.24) is 9.80 Å². The number of nitrogens with zero attached hydrogens (tertiary/aromatic N) is 2. The van der Waals surface area contributed by atoms with E-state index in [0.29, 0.717) is 17.7 Å². The molecule has 2 heterocycles. The Morgan fingerprint density at radius 3 is 2.61 bits per heavy atom. The molecule has 2 aromatic rings. The van der Waals surface area contributed by atoms with Gasteiger partial charge in [0.2, 0.25) is 6.79 Å². The van der Waals surface area contributed by atoms with Gasteiger partial charge in [0.1, 0.15) is 5.82 Å². The fraction of sp³-hybridized carbons (Fsp3) is 0.381. The molecule has 0 atom stereocenters. The van der Waals surface area contributed by atoms with E-state index in [1.54, 1.807) is 0 Å². The lowest BCUT2D eigenvalue weighted by molar-refractivity contribution is 0.173. The van der Waals surface area contributed by atoms with Crippen LogP contribution in [0.3, 0.4) is 0 Å². The van der Waals surface area contributed by atoms with Gasteiger partial charge in [-0.3, -0.25) is 0 Å². The van der Waals surface area contributed by atoms with Crippen LogP contribution < -0.4 is 14.8 Å². The highest BCUT2D eigenvalue weighted by Gasteiger charge is 2.25. The third-order valence-corrected chi connectivity index (χ3v) is 5.62. The molecule has 0 radical (unpaired) electrons. The first-order valence-electron chi connectivity index (χ1n) is 9.49. The van der Waals surface area contributed by atoms with E-state index in [0.717, 1.165) is 48.7 Å². The molecule has 0 aromatic heterocycles. The second kappa shape index (κ2) is 8.32. The van der Waals surface area contributed by atoms with Gasteiger partial charge in [0.25, 0.3) is 0 Å². The molecule has 0 bridgehead atoms. The number of piperidine rings is 1. The van der Waals surface area contributed by atoms with Crippen LogP contribution in [0.1, 0.15) is 18.4 Å². The van der Waals surface area contributed by atoms with Crippen molar-refractivity contribution >= 4 is 23.0 Å². The van der Waals surface area contributed by atoms with Crippen LogP contribution in [0.4, 0.5) is 10.1 Å². The summed E-state index contributed by atoms with van der Waals surface area (Å²) in [5.74, 6) is 1.24. The molecule has 0 amide bonds. The first kappa shape index (κ1) is 19.0. The van der Waals surface area contributed by atoms with E-state index in [-0.39, 0.29) is 12.6 Å². The molecule has 0 saturated carbocycles. The van der Waals surface area contributed by atoms with Gasteiger partial charge in [0.15, 0.2) is 16.6 Å². The standard InChI is InChI=1S/C21H24FN3O2S/c1-24-10-8-18(9-11-24)25(13-15-2-4-16(22)5-3-15)21(28)23-17-6-7-19-20(12-17)27-14-26-19/h2-7,12,18H,8-11,13-14H2,1H3,(H,23,28). The molecule has 2 aliphatic rings. The van der Waals surface area contributed by atoms with Crippen molar-refractivity contribution < 1.29 is 13.9 Å².